The third kappa shape index (κ3) is 2.48. The summed E-state index contributed by atoms with van der Waals surface area (Å²) in [7, 11) is 1.59. The molecular weight excluding hydrogens is 284 g/mol. The zero-order valence-electron chi connectivity index (χ0n) is 11.9. The van der Waals surface area contributed by atoms with Crippen molar-refractivity contribution in [1.82, 2.24) is 0 Å². The van der Waals surface area contributed by atoms with E-state index in [4.69, 9.17) is 9.15 Å². The van der Waals surface area contributed by atoms with E-state index >= 15 is 0 Å². The molecule has 0 radical (unpaired) electrons. The highest BCUT2D eigenvalue weighted by Crippen LogP contribution is 2.28. The number of aromatic hydroxyl groups is 2. The minimum atomic E-state index is -0.311. The lowest BCUT2D eigenvalue weighted by atomic mass is 10.0. The van der Waals surface area contributed by atoms with Crippen molar-refractivity contribution in [3.8, 4) is 17.2 Å². The average Bonchev–Trinajstić information content (AvgIpc) is 2.50. The van der Waals surface area contributed by atoms with E-state index in [1.54, 1.807) is 7.11 Å². The molecule has 2 N–H and O–H groups in total. The fourth-order valence-corrected chi connectivity index (χ4v) is 2.34. The van der Waals surface area contributed by atoms with Crippen molar-refractivity contribution in [2.24, 2.45) is 0 Å². The highest BCUT2D eigenvalue weighted by molar-refractivity contribution is 5.85. The lowest BCUT2D eigenvalue weighted by Crippen LogP contribution is -2.09. The second-order valence-corrected chi connectivity index (χ2v) is 4.95. The normalized spacial score (nSPS) is 10.8. The van der Waals surface area contributed by atoms with E-state index in [2.05, 4.69) is 0 Å². The van der Waals surface area contributed by atoms with Gasteiger partial charge in [0.05, 0.1) is 13.4 Å². The summed E-state index contributed by atoms with van der Waals surface area (Å²) in [6.07, 6.45) is 1.73. The molecule has 0 fully saturated rings. The largest absolute Gasteiger partial charge is 0.508 e. The quantitative estimate of drug-likeness (QED) is 0.777. The van der Waals surface area contributed by atoms with Crippen LogP contribution in [0.5, 0.6) is 17.2 Å². The maximum atomic E-state index is 12.5. The number of ether oxygens (including phenoxy) is 1. The van der Waals surface area contributed by atoms with Crippen LogP contribution in [0.4, 0.5) is 0 Å². The van der Waals surface area contributed by atoms with Crippen LogP contribution in [-0.4, -0.2) is 17.3 Å². The molecule has 0 aliphatic carbocycles. The van der Waals surface area contributed by atoms with Gasteiger partial charge in [0.2, 0.25) is 0 Å². The Balaban J connectivity index is 2.04. The second kappa shape index (κ2) is 5.44. The monoisotopic (exact) mass is 298 g/mol. The Morgan fingerprint density at radius 2 is 1.86 bits per heavy atom. The molecule has 0 bridgehead atoms. The predicted molar refractivity (Wildman–Crippen MR) is 81.6 cm³/mol. The highest BCUT2D eigenvalue weighted by Gasteiger charge is 2.13. The Hall–Kier alpha value is -2.95. The van der Waals surface area contributed by atoms with Crippen LogP contribution < -0.4 is 10.2 Å². The van der Waals surface area contributed by atoms with Gasteiger partial charge in [-0.2, -0.15) is 0 Å². The van der Waals surface area contributed by atoms with E-state index in [1.807, 2.05) is 24.3 Å². The molecule has 22 heavy (non-hydrogen) atoms. The number of methoxy groups -OCH3 is 1. The Morgan fingerprint density at radius 3 is 2.55 bits per heavy atom. The zero-order chi connectivity index (χ0) is 15.7. The minimum Gasteiger partial charge on any atom is -0.508 e. The number of hydrogen-bond acceptors (Lipinski definition) is 5. The fraction of sp³-hybridized carbons (Fsp3) is 0.118. The van der Waals surface area contributed by atoms with Gasteiger partial charge in [0.25, 0.3) is 0 Å². The molecule has 3 aromatic rings. The summed E-state index contributed by atoms with van der Waals surface area (Å²) in [6.45, 7) is 0. The van der Waals surface area contributed by atoms with Crippen molar-refractivity contribution in [3.63, 3.8) is 0 Å². The molecule has 112 valence electrons. The topological polar surface area (TPSA) is 79.9 Å². The third-order valence-electron chi connectivity index (χ3n) is 3.47. The Labute approximate surface area is 126 Å². The zero-order valence-corrected chi connectivity index (χ0v) is 11.9. The van der Waals surface area contributed by atoms with Gasteiger partial charge in [0, 0.05) is 24.1 Å². The first kappa shape index (κ1) is 14.0. The van der Waals surface area contributed by atoms with Gasteiger partial charge in [0.1, 0.15) is 28.2 Å². The van der Waals surface area contributed by atoms with Gasteiger partial charge in [0.15, 0.2) is 5.43 Å². The molecule has 5 nitrogen and oxygen atoms in total. The summed E-state index contributed by atoms with van der Waals surface area (Å²) < 4.78 is 10.4. The molecule has 1 heterocycles. The van der Waals surface area contributed by atoms with Crippen molar-refractivity contribution < 1.29 is 19.4 Å². The number of phenols is 2. The maximum Gasteiger partial charge on any atom is 0.199 e. The molecule has 0 atom stereocenters. The SMILES string of the molecule is COc1ccc(Cc2coc3cc(O)cc(O)c3c2=O)cc1. The van der Waals surface area contributed by atoms with Crippen LogP contribution in [0.1, 0.15) is 11.1 Å². The molecule has 1 aromatic heterocycles. The van der Waals surface area contributed by atoms with Crippen LogP contribution in [0, 0.1) is 0 Å². The summed E-state index contributed by atoms with van der Waals surface area (Å²) in [4.78, 5) is 12.5. The van der Waals surface area contributed by atoms with E-state index in [9.17, 15) is 15.0 Å². The molecule has 0 amide bonds. The number of hydrogen-bond donors (Lipinski definition) is 2. The van der Waals surface area contributed by atoms with E-state index in [1.165, 1.54) is 12.3 Å². The van der Waals surface area contributed by atoms with E-state index in [-0.39, 0.29) is 27.9 Å². The molecule has 5 heteroatoms. The number of phenolic OH excluding ortho intramolecular Hbond substituents is 2. The molecule has 0 saturated heterocycles. The van der Waals surface area contributed by atoms with Crippen molar-refractivity contribution in [2.75, 3.05) is 7.11 Å². The first-order valence-electron chi connectivity index (χ1n) is 6.68. The molecular formula is C17H14O5. The van der Waals surface area contributed by atoms with Crippen molar-refractivity contribution in [1.29, 1.82) is 0 Å². The lowest BCUT2D eigenvalue weighted by molar-refractivity contribution is 0.414. The van der Waals surface area contributed by atoms with Crippen LogP contribution >= 0.6 is 0 Å². The summed E-state index contributed by atoms with van der Waals surface area (Å²) in [5, 5.41) is 19.4. The van der Waals surface area contributed by atoms with Crippen LogP contribution in [-0.2, 0) is 6.42 Å². The number of benzene rings is 2. The van der Waals surface area contributed by atoms with Gasteiger partial charge in [-0.1, -0.05) is 12.1 Å². The van der Waals surface area contributed by atoms with Crippen LogP contribution in [0.2, 0.25) is 0 Å². The second-order valence-electron chi connectivity index (χ2n) is 4.95. The Morgan fingerprint density at radius 1 is 1.14 bits per heavy atom. The summed E-state index contributed by atoms with van der Waals surface area (Å²) in [5.74, 6) is 0.291. The van der Waals surface area contributed by atoms with E-state index in [0.717, 1.165) is 17.4 Å². The smallest absolute Gasteiger partial charge is 0.199 e. The minimum absolute atomic E-state index is 0.0730. The molecule has 0 saturated carbocycles. The molecule has 0 aliphatic rings. The van der Waals surface area contributed by atoms with E-state index in [0.29, 0.717) is 12.0 Å². The van der Waals surface area contributed by atoms with E-state index < -0.39 is 0 Å². The van der Waals surface area contributed by atoms with Gasteiger partial charge >= 0.3 is 0 Å². The van der Waals surface area contributed by atoms with Crippen molar-refractivity contribution in [3.05, 3.63) is 64.0 Å². The van der Waals surface area contributed by atoms with Crippen LogP contribution in [0.25, 0.3) is 11.0 Å². The van der Waals surface area contributed by atoms with Crippen LogP contribution in [0.15, 0.2) is 51.9 Å². The van der Waals surface area contributed by atoms with Gasteiger partial charge in [-0.05, 0) is 17.7 Å². The third-order valence-corrected chi connectivity index (χ3v) is 3.47. The molecule has 0 unspecified atom stereocenters. The highest BCUT2D eigenvalue weighted by atomic mass is 16.5. The average molecular weight is 298 g/mol. The summed E-state index contributed by atoms with van der Waals surface area (Å²) >= 11 is 0. The lowest BCUT2D eigenvalue weighted by Gasteiger charge is -2.06. The molecule has 2 aromatic carbocycles. The van der Waals surface area contributed by atoms with Gasteiger partial charge in [-0.25, -0.2) is 0 Å². The summed E-state index contributed by atoms with van der Waals surface area (Å²) in [5.41, 5.74) is 1.19. The molecule has 0 aliphatic heterocycles. The molecule has 3 rings (SSSR count). The van der Waals surface area contributed by atoms with Crippen LogP contribution in [0.3, 0.4) is 0 Å². The molecule has 0 spiro atoms. The Bertz CT molecular complexity index is 878. The van der Waals surface area contributed by atoms with Gasteiger partial charge in [-0.15, -0.1) is 0 Å². The standard InChI is InChI=1S/C17H14O5/c1-21-13-4-2-10(3-5-13)6-11-9-22-15-8-12(18)7-14(19)16(15)17(11)20/h2-5,7-9,18-19H,6H2,1H3. The first-order valence-corrected chi connectivity index (χ1v) is 6.68. The first-order chi connectivity index (χ1) is 10.6. The van der Waals surface area contributed by atoms with Gasteiger partial charge < -0.3 is 19.4 Å². The van der Waals surface area contributed by atoms with Gasteiger partial charge in [-0.3, -0.25) is 4.79 Å². The fourth-order valence-electron chi connectivity index (χ4n) is 2.34. The predicted octanol–water partition coefficient (Wildman–Crippen LogP) is 2.80. The number of fused-ring (bicyclic) bond motifs is 1. The van der Waals surface area contributed by atoms with Crippen molar-refractivity contribution in [2.45, 2.75) is 6.42 Å². The van der Waals surface area contributed by atoms with Crippen molar-refractivity contribution >= 4 is 11.0 Å². The maximum absolute atomic E-state index is 12.5. The Kier molecular flexibility index (Phi) is 3.47. The summed E-state index contributed by atoms with van der Waals surface area (Å²) in [6, 6.07) is 9.77. The number of rotatable bonds is 3.